The molecule has 0 aliphatic carbocycles. The number of sulfonamides is 1. The molecular formula is C19H29N3O6S. The highest BCUT2D eigenvalue weighted by molar-refractivity contribution is 7.89. The molecule has 1 aromatic rings. The van der Waals surface area contributed by atoms with E-state index < -0.39 is 28.1 Å². The number of hydrogen-bond donors (Lipinski definition) is 2. The third-order valence-corrected chi connectivity index (χ3v) is 6.37. The summed E-state index contributed by atoms with van der Waals surface area (Å²) in [5, 5.41) is 5.00. The summed E-state index contributed by atoms with van der Waals surface area (Å²) in [5.74, 6) is -0.604. The maximum atomic E-state index is 13.0. The summed E-state index contributed by atoms with van der Waals surface area (Å²) in [6.45, 7) is 4.95. The molecule has 9 nitrogen and oxygen atoms in total. The van der Waals surface area contributed by atoms with Gasteiger partial charge in [-0.05, 0) is 43.0 Å². The van der Waals surface area contributed by atoms with Crippen molar-refractivity contribution in [2.75, 3.05) is 33.4 Å². The molecule has 1 saturated heterocycles. The maximum Gasteiger partial charge on any atom is 0.309 e. The zero-order valence-corrected chi connectivity index (χ0v) is 17.8. The number of amides is 2. The number of ether oxygens (including phenoxy) is 2. The molecule has 162 valence electrons. The Hall–Kier alpha value is -2.17. The average molecular weight is 428 g/mol. The summed E-state index contributed by atoms with van der Waals surface area (Å²) in [6.07, 6.45) is 0.414. The number of rotatable bonds is 8. The second kappa shape index (κ2) is 10.6. The molecule has 10 heteroatoms. The Bertz CT molecular complexity index is 795. The lowest BCUT2D eigenvalue weighted by Gasteiger charge is -2.34. The van der Waals surface area contributed by atoms with Gasteiger partial charge in [-0.15, -0.1) is 0 Å². The van der Waals surface area contributed by atoms with Crippen molar-refractivity contribution in [2.45, 2.75) is 37.8 Å². The second-order valence-corrected chi connectivity index (χ2v) is 9.01. The Morgan fingerprint density at radius 3 is 2.48 bits per heavy atom. The maximum absolute atomic E-state index is 13.0. The summed E-state index contributed by atoms with van der Waals surface area (Å²) in [5.41, 5.74) is 0. The highest BCUT2D eigenvalue weighted by Crippen LogP contribution is 2.23. The van der Waals surface area contributed by atoms with Crippen molar-refractivity contribution in [3.8, 4) is 5.75 Å². The molecule has 2 amide bonds. The van der Waals surface area contributed by atoms with Gasteiger partial charge in [-0.2, -0.15) is 4.31 Å². The summed E-state index contributed by atoms with van der Waals surface area (Å²) in [4.78, 5) is 24.0. The predicted octanol–water partition coefficient (Wildman–Crippen LogP) is 0.711. The number of hydrogen-bond acceptors (Lipinski definition) is 6. The second-order valence-electron chi connectivity index (χ2n) is 7.12. The van der Waals surface area contributed by atoms with Gasteiger partial charge in [0.2, 0.25) is 10.0 Å². The van der Waals surface area contributed by atoms with Crippen LogP contribution in [0.15, 0.2) is 29.2 Å². The van der Waals surface area contributed by atoms with Gasteiger partial charge in [0.05, 0.1) is 25.2 Å². The number of carbonyl (C=O) groups excluding carboxylic acids is 2. The number of nitrogens with one attached hydrogen (secondary N) is 2. The summed E-state index contributed by atoms with van der Waals surface area (Å²) >= 11 is 0. The molecule has 1 unspecified atom stereocenters. The molecule has 0 saturated carbocycles. The molecule has 1 aliphatic heterocycles. The van der Waals surface area contributed by atoms with Crippen LogP contribution in [0.1, 0.15) is 26.7 Å². The van der Waals surface area contributed by atoms with Crippen molar-refractivity contribution in [1.82, 2.24) is 14.9 Å². The van der Waals surface area contributed by atoms with E-state index >= 15 is 0 Å². The number of benzene rings is 1. The molecule has 0 bridgehead atoms. The van der Waals surface area contributed by atoms with Crippen LogP contribution >= 0.6 is 0 Å². The van der Waals surface area contributed by atoms with Crippen LogP contribution in [-0.4, -0.2) is 64.1 Å². The Kier molecular flexibility index (Phi) is 8.42. The molecule has 0 spiro atoms. The highest BCUT2D eigenvalue weighted by atomic mass is 32.2. The highest BCUT2D eigenvalue weighted by Gasteiger charge is 2.35. The van der Waals surface area contributed by atoms with Crippen molar-refractivity contribution >= 4 is 21.8 Å². The Balaban J connectivity index is 1.99. The van der Waals surface area contributed by atoms with E-state index in [1.54, 1.807) is 12.1 Å². The fourth-order valence-corrected chi connectivity index (χ4v) is 4.37. The van der Waals surface area contributed by atoms with Crippen molar-refractivity contribution in [3.63, 3.8) is 0 Å². The standard InChI is InChI=1S/C19H29N3O6S/c1-14(2)9-10-20-18(23)19(24)21-13-17-22(11-4-12-28-17)29(25,26)16-7-5-15(27-3)6-8-16/h5-8,14,17H,4,9-13H2,1-3H3,(H,20,23)(H,21,24). The fraction of sp³-hybridized carbons (Fsp3) is 0.579. The van der Waals surface area contributed by atoms with Gasteiger partial charge in [0.15, 0.2) is 0 Å². The smallest absolute Gasteiger partial charge is 0.309 e. The quantitative estimate of drug-likeness (QED) is 0.591. The minimum absolute atomic E-state index is 0.103. The van der Waals surface area contributed by atoms with E-state index in [9.17, 15) is 18.0 Å². The van der Waals surface area contributed by atoms with Crippen LogP contribution in [0.3, 0.4) is 0 Å². The SMILES string of the molecule is COc1ccc(S(=O)(=O)N2CCCOC2CNC(=O)C(=O)NCCC(C)C)cc1. The number of methoxy groups -OCH3 is 1. The van der Waals surface area contributed by atoms with Crippen molar-refractivity contribution < 1.29 is 27.5 Å². The molecule has 1 aliphatic rings. The van der Waals surface area contributed by atoms with E-state index in [2.05, 4.69) is 10.6 Å². The Morgan fingerprint density at radius 2 is 1.86 bits per heavy atom. The molecule has 2 rings (SSSR count). The molecule has 1 atom stereocenters. The first kappa shape index (κ1) is 23.1. The zero-order valence-electron chi connectivity index (χ0n) is 17.0. The lowest BCUT2D eigenvalue weighted by Crippen LogP contribution is -2.53. The van der Waals surface area contributed by atoms with E-state index in [0.717, 1.165) is 6.42 Å². The molecule has 29 heavy (non-hydrogen) atoms. The monoisotopic (exact) mass is 427 g/mol. The van der Waals surface area contributed by atoms with Gasteiger partial charge < -0.3 is 20.1 Å². The van der Waals surface area contributed by atoms with Crippen LogP contribution in [0.5, 0.6) is 5.75 Å². The molecule has 1 heterocycles. The zero-order chi connectivity index (χ0) is 21.4. The normalized spacial score (nSPS) is 17.7. The van der Waals surface area contributed by atoms with Gasteiger partial charge in [-0.1, -0.05) is 13.8 Å². The van der Waals surface area contributed by atoms with E-state index in [4.69, 9.17) is 9.47 Å². The minimum atomic E-state index is -3.83. The molecule has 0 aromatic heterocycles. The lowest BCUT2D eigenvalue weighted by atomic mass is 10.1. The van der Waals surface area contributed by atoms with E-state index in [1.165, 1.54) is 23.5 Å². The largest absolute Gasteiger partial charge is 0.497 e. The first-order chi connectivity index (χ1) is 13.8. The van der Waals surface area contributed by atoms with Gasteiger partial charge in [0, 0.05) is 13.1 Å². The molecule has 0 radical (unpaired) electrons. The third-order valence-electron chi connectivity index (χ3n) is 4.47. The van der Waals surface area contributed by atoms with E-state index in [0.29, 0.717) is 31.2 Å². The summed E-state index contributed by atoms with van der Waals surface area (Å²) < 4.78 is 37.8. The topological polar surface area (TPSA) is 114 Å². The van der Waals surface area contributed by atoms with E-state index in [1.807, 2.05) is 13.8 Å². The van der Waals surface area contributed by atoms with Crippen LogP contribution in [0, 0.1) is 5.92 Å². The molecule has 1 fully saturated rings. The summed E-state index contributed by atoms with van der Waals surface area (Å²) in [6, 6.07) is 6.05. The lowest BCUT2D eigenvalue weighted by molar-refractivity contribution is -0.140. The fourth-order valence-electron chi connectivity index (χ4n) is 2.80. The minimum Gasteiger partial charge on any atom is -0.497 e. The van der Waals surface area contributed by atoms with Gasteiger partial charge >= 0.3 is 11.8 Å². The van der Waals surface area contributed by atoms with Gasteiger partial charge in [0.1, 0.15) is 12.0 Å². The van der Waals surface area contributed by atoms with Crippen molar-refractivity contribution in [3.05, 3.63) is 24.3 Å². The predicted molar refractivity (Wildman–Crippen MR) is 107 cm³/mol. The van der Waals surface area contributed by atoms with Crippen LogP contribution < -0.4 is 15.4 Å². The number of nitrogens with zero attached hydrogens (tertiary/aromatic N) is 1. The first-order valence-corrected chi connectivity index (χ1v) is 11.0. The van der Waals surface area contributed by atoms with Crippen molar-refractivity contribution in [2.24, 2.45) is 5.92 Å². The van der Waals surface area contributed by atoms with Gasteiger partial charge in [0.25, 0.3) is 0 Å². The average Bonchev–Trinajstić information content (AvgIpc) is 2.71. The van der Waals surface area contributed by atoms with Crippen LogP contribution in [0.25, 0.3) is 0 Å². The molecular weight excluding hydrogens is 398 g/mol. The van der Waals surface area contributed by atoms with E-state index in [-0.39, 0.29) is 18.0 Å². The van der Waals surface area contributed by atoms with Gasteiger partial charge in [-0.3, -0.25) is 9.59 Å². The summed E-state index contributed by atoms with van der Waals surface area (Å²) in [7, 11) is -2.33. The third kappa shape index (κ3) is 6.41. The van der Waals surface area contributed by atoms with Gasteiger partial charge in [-0.25, -0.2) is 8.42 Å². The first-order valence-electron chi connectivity index (χ1n) is 9.59. The van der Waals surface area contributed by atoms with Crippen LogP contribution in [-0.2, 0) is 24.3 Å². The van der Waals surface area contributed by atoms with Crippen molar-refractivity contribution in [1.29, 1.82) is 0 Å². The molecule has 2 N–H and O–H groups in total. The van der Waals surface area contributed by atoms with Crippen LogP contribution in [0.2, 0.25) is 0 Å². The number of carbonyl (C=O) groups is 2. The molecule has 1 aromatic carbocycles. The Labute approximate surface area is 171 Å². The Morgan fingerprint density at radius 1 is 1.21 bits per heavy atom. The van der Waals surface area contributed by atoms with Crippen LogP contribution in [0.4, 0.5) is 0 Å².